The molecule has 0 aromatic heterocycles. The molecule has 176 valence electrons. The normalized spacial score (nSPS) is 10.2. The molecule has 1 amide bonds. The van der Waals surface area contributed by atoms with E-state index in [1.807, 2.05) is 0 Å². The van der Waals surface area contributed by atoms with Crippen LogP contribution in [-0.2, 0) is 4.79 Å². The van der Waals surface area contributed by atoms with Crippen LogP contribution < -0.4 is 24.3 Å². The maximum Gasteiger partial charge on any atom is 0.343 e. The second-order valence-electron chi connectivity index (χ2n) is 7.02. The first kappa shape index (κ1) is 24.2. The summed E-state index contributed by atoms with van der Waals surface area (Å²) in [6, 6.07) is 14.1. The zero-order chi connectivity index (χ0) is 24.7. The number of rotatable bonds is 9. The lowest BCUT2D eigenvalue weighted by Crippen LogP contribution is -2.20. The molecular weight excluding hydrogens is 445 g/mol. The molecule has 0 bridgehead atoms. The molecule has 9 heteroatoms. The minimum Gasteiger partial charge on any atom is -0.493 e. The third kappa shape index (κ3) is 6.10. The molecule has 0 aliphatic rings. The van der Waals surface area contributed by atoms with Crippen LogP contribution in [0.3, 0.4) is 0 Å². The Balaban J connectivity index is 1.67. The summed E-state index contributed by atoms with van der Waals surface area (Å²) in [5.74, 6) is -0.882. The van der Waals surface area contributed by atoms with Gasteiger partial charge in [-0.15, -0.1) is 0 Å². The van der Waals surface area contributed by atoms with E-state index in [9.17, 15) is 18.8 Å². The van der Waals surface area contributed by atoms with Crippen molar-refractivity contribution in [3.63, 3.8) is 0 Å². The van der Waals surface area contributed by atoms with Crippen LogP contribution in [0.4, 0.5) is 10.1 Å². The van der Waals surface area contributed by atoms with Gasteiger partial charge in [0.05, 0.1) is 19.8 Å². The molecule has 3 rings (SSSR count). The predicted molar refractivity (Wildman–Crippen MR) is 121 cm³/mol. The van der Waals surface area contributed by atoms with Gasteiger partial charge in [0, 0.05) is 11.3 Å². The molecule has 8 nitrogen and oxygen atoms in total. The van der Waals surface area contributed by atoms with Gasteiger partial charge in [-0.3, -0.25) is 9.59 Å². The van der Waals surface area contributed by atoms with Gasteiger partial charge in [0.2, 0.25) is 0 Å². The van der Waals surface area contributed by atoms with Crippen LogP contribution in [0.2, 0.25) is 0 Å². The number of Topliss-reactive ketones (excluding diaryl/α,β-unsaturated/α-hetero) is 1. The van der Waals surface area contributed by atoms with Crippen LogP contribution in [0.15, 0.2) is 60.7 Å². The number of hydrogen-bond donors (Lipinski definition) is 1. The van der Waals surface area contributed by atoms with Crippen molar-refractivity contribution in [1.82, 2.24) is 0 Å². The summed E-state index contributed by atoms with van der Waals surface area (Å²) in [6.45, 7) is 1.08. The number of anilines is 1. The molecule has 0 aliphatic carbocycles. The Morgan fingerprint density at radius 3 is 2.03 bits per heavy atom. The van der Waals surface area contributed by atoms with Crippen molar-refractivity contribution in [2.24, 2.45) is 0 Å². The molecular formula is C25H22FNO7. The molecule has 0 fully saturated rings. The van der Waals surface area contributed by atoms with Crippen LogP contribution in [0.5, 0.6) is 23.0 Å². The smallest absolute Gasteiger partial charge is 0.343 e. The summed E-state index contributed by atoms with van der Waals surface area (Å²) in [5, 5.41) is 2.58. The Kier molecular flexibility index (Phi) is 7.81. The van der Waals surface area contributed by atoms with Gasteiger partial charge in [0.1, 0.15) is 5.82 Å². The summed E-state index contributed by atoms with van der Waals surface area (Å²) in [5.41, 5.74) is 1.01. The number of nitrogens with one attached hydrogen (secondary N) is 1. The summed E-state index contributed by atoms with van der Waals surface area (Å²) >= 11 is 0. The summed E-state index contributed by atoms with van der Waals surface area (Å²) in [4.78, 5) is 36.3. The fourth-order valence-corrected chi connectivity index (χ4v) is 2.92. The second kappa shape index (κ2) is 11.0. The van der Waals surface area contributed by atoms with E-state index >= 15 is 0 Å². The van der Waals surface area contributed by atoms with Crippen molar-refractivity contribution in [3.8, 4) is 23.0 Å². The number of esters is 1. The summed E-state index contributed by atoms with van der Waals surface area (Å²) in [6.07, 6.45) is 0. The van der Waals surface area contributed by atoms with E-state index in [0.29, 0.717) is 11.3 Å². The van der Waals surface area contributed by atoms with Gasteiger partial charge in [-0.2, -0.15) is 0 Å². The quantitative estimate of drug-likeness (QED) is 0.285. The maximum absolute atomic E-state index is 13.0. The van der Waals surface area contributed by atoms with Crippen LogP contribution in [0.25, 0.3) is 0 Å². The third-order valence-corrected chi connectivity index (χ3v) is 4.66. The van der Waals surface area contributed by atoms with E-state index in [2.05, 4.69) is 5.32 Å². The fourth-order valence-electron chi connectivity index (χ4n) is 2.92. The molecule has 0 saturated carbocycles. The van der Waals surface area contributed by atoms with E-state index < -0.39 is 17.7 Å². The van der Waals surface area contributed by atoms with Gasteiger partial charge >= 0.3 is 5.97 Å². The number of amides is 1. The number of carbonyl (C=O) groups excluding carboxylic acids is 3. The number of carbonyl (C=O) groups is 3. The first-order chi connectivity index (χ1) is 16.3. The first-order valence-electron chi connectivity index (χ1n) is 10.1. The zero-order valence-electron chi connectivity index (χ0n) is 18.7. The van der Waals surface area contributed by atoms with Crippen LogP contribution in [0, 0.1) is 5.82 Å². The number of benzene rings is 3. The topological polar surface area (TPSA) is 100 Å². The van der Waals surface area contributed by atoms with Gasteiger partial charge in [-0.1, -0.05) is 0 Å². The van der Waals surface area contributed by atoms with Gasteiger partial charge in [-0.25, -0.2) is 9.18 Å². The molecule has 34 heavy (non-hydrogen) atoms. The number of ketones is 1. The maximum atomic E-state index is 13.0. The van der Waals surface area contributed by atoms with Crippen molar-refractivity contribution in [2.45, 2.75) is 6.92 Å². The minimum absolute atomic E-state index is 0.147. The Bertz CT molecular complexity index is 1210. The highest BCUT2D eigenvalue weighted by molar-refractivity contribution is 5.95. The van der Waals surface area contributed by atoms with Crippen molar-refractivity contribution in [1.29, 1.82) is 0 Å². The Labute approximate surface area is 195 Å². The average molecular weight is 467 g/mol. The molecule has 0 unspecified atom stereocenters. The largest absolute Gasteiger partial charge is 0.493 e. The van der Waals surface area contributed by atoms with E-state index in [4.69, 9.17) is 18.9 Å². The molecule has 3 aromatic rings. The Hall–Kier alpha value is -4.40. The van der Waals surface area contributed by atoms with Crippen LogP contribution in [-0.4, -0.2) is 38.5 Å². The third-order valence-electron chi connectivity index (χ3n) is 4.66. The van der Waals surface area contributed by atoms with Crippen molar-refractivity contribution >= 4 is 23.3 Å². The molecule has 0 saturated heterocycles. The lowest BCUT2D eigenvalue weighted by Gasteiger charge is -2.13. The predicted octanol–water partition coefficient (Wildman–Crippen LogP) is 4.28. The lowest BCUT2D eigenvalue weighted by atomic mass is 10.1. The van der Waals surface area contributed by atoms with Gasteiger partial charge in [-0.05, 0) is 67.6 Å². The number of methoxy groups -OCH3 is 2. The first-order valence-corrected chi connectivity index (χ1v) is 10.1. The molecule has 0 aliphatic heterocycles. The van der Waals surface area contributed by atoms with E-state index in [0.717, 1.165) is 0 Å². The van der Waals surface area contributed by atoms with E-state index in [1.54, 1.807) is 0 Å². The summed E-state index contributed by atoms with van der Waals surface area (Å²) < 4.78 is 34.3. The molecule has 1 N–H and O–H groups in total. The molecule has 0 heterocycles. The lowest BCUT2D eigenvalue weighted by molar-refractivity contribution is -0.118. The van der Waals surface area contributed by atoms with Crippen LogP contribution >= 0.6 is 0 Å². The highest BCUT2D eigenvalue weighted by atomic mass is 19.1. The zero-order valence-corrected chi connectivity index (χ0v) is 18.7. The molecule has 0 radical (unpaired) electrons. The van der Waals surface area contributed by atoms with Gasteiger partial charge in [0.25, 0.3) is 5.91 Å². The minimum atomic E-state index is -0.687. The van der Waals surface area contributed by atoms with Gasteiger partial charge in [0.15, 0.2) is 35.4 Å². The Morgan fingerprint density at radius 2 is 1.38 bits per heavy atom. The van der Waals surface area contributed by atoms with Crippen molar-refractivity contribution in [2.75, 3.05) is 26.1 Å². The SMILES string of the molecule is COc1cc(C(=O)Oc2ccc(C(C)=O)cc2OC)ccc1OCC(=O)Nc1ccc(F)cc1. The fraction of sp³-hybridized carbons (Fsp3) is 0.160. The molecule has 0 spiro atoms. The number of halogens is 1. The average Bonchev–Trinajstić information content (AvgIpc) is 2.84. The standard InChI is InChI=1S/C25H22FNO7/c1-15(28)16-4-11-21(23(12-16)32-3)34-25(30)17-5-10-20(22(13-17)31-2)33-14-24(29)27-19-8-6-18(26)7-9-19/h4-13H,14H2,1-3H3,(H,27,29). The van der Waals surface area contributed by atoms with Crippen molar-refractivity contribution < 1.29 is 37.7 Å². The van der Waals surface area contributed by atoms with Crippen molar-refractivity contribution in [3.05, 3.63) is 77.6 Å². The molecule has 0 atom stereocenters. The Morgan fingerprint density at radius 1 is 0.794 bits per heavy atom. The highest BCUT2D eigenvalue weighted by Gasteiger charge is 2.17. The number of ether oxygens (including phenoxy) is 4. The highest BCUT2D eigenvalue weighted by Crippen LogP contribution is 2.31. The second-order valence-corrected chi connectivity index (χ2v) is 7.02. The monoisotopic (exact) mass is 467 g/mol. The summed E-state index contributed by atoms with van der Waals surface area (Å²) in [7, 11) is 2.79. The van der Waals surface area contributed by atoms with Crippen LogP contribution in [0.1, 0.15) is 27.6 Å². The van der Waals surface area contributed by atoms with E-state index in [-0.39, 0.29) is 41.0 Å². The van der Waals surface area contributed by atoms with Gasteiger partial charge < -0.3 is 24.3 Å². The van der Waals surface area contributed by atoms with E-state index in [1.165, 1.54) is 81.8 Å². The number of hydrogen-bond acceptors (Lipinski definition) is 7. The molecule has 3 aromatic carbocycles.